The lowest BCUT2D eigenvalue weighted by atomic mass is 10.2. The molecular weight excluding hydrogens is 282 g/mol. The van der Waals surface area contributed by atoms with Crippen LogP contribution >= 0.6 is 11.6 Å². The minimum Gasteiger partial charge on any atom is -0.475 e. The molecule has 1 aromatic rings. The van der Waals surface area contributed by atoms with Gasteiger partial charge in [0.2, 0.25) is 5.88 Å². The Bertz CT molecular complexity index is 376. The van der Waals surface area contributed by atoms with Crippen LogP contribution in [-0.4, -0.2) is 51.7 Å². The van der Waals surface area contributed by atoms with Crippen molar-refractivity contribution in [2.45, 2.75) is 12.8 Å². The third-order valence-electron chi connectivity index (χ3n) is 2.60. The van der Waals surface area contributed by atoms with Crippen molar-refractivity contribution >= 4 is 11.6 Å². The molecular formula is C14H22ClNO4. The standard InChI is InChI=1S/C14H22ClNO4/c1-12-13(11-15)3-4-14(16-12)20-10-9-19-8-7-18-6-5-17-2/h3-4H,5-11H2,1-2H3. The second-order valence-electron chi connectivity index (χ2n) is 4.09. The monoisotopic (exact) mass is 303 g/mol. The average Bonchev–Trinajstić information content (AvgIpc) is 2.46. The fraction of sp³-hybridized carbons (Fsp3) is 0.643. The Labute approximate surface area is 125 Å². The first-order valence-electron chi connectivity index (χ1n) is 6.57. The summed E-state index contributed by atoms with van der Waals surface area (Å²) in [4.78, 5) is 4.31. The van der Waals surface area contributed by atoms with Crippen molar-refractivity contribution in [3.8, 4) is 5.88 Å². The minimum atomic E-state index is 0.463. The van der Waals surface area contributed by atoms with Crippen molar-refractivity contribution in [3.63, 3.8) is 0 Å². The molecule has 5 nitrogen and oxygen atoms in total. The first-order chi connectivity index (χ1) is 9.77. The Morgan fingerprint density at radius 3 is 2.25 bits per heavy atom. The average molecular weight is 304 g/mol. The van der Waals surface area contributed by atoms with Gasteiger partial charge in [0, 0.05) is 24.8 Å². The zero-order chi connectivity index (χ0) is 14.6. The molecule has 20 heavy (non-hydrogen) atoms. The van der Waals surface area contributed by atoms with E-state index in [4.69, 9.17) is 30.5 Å². The van der Waals surface area contributed by atoms with Gasteiger partial charge >= 0.3 is 0 Å². The van der Waals surface area contributed by atoms with Crippen LogP contribution in [0.4, 0.5) is 0 Å². The van der Waals surface area contributed by atoms with Crippen LogP contribution in [0.1, 0.15) is 11.3 Å². The lowest BCUT2D eigenvalue weighted by molar-refractivity contribution is 0.0176. The van der Waals surface area contributed by atoms with Crippen LogP contribution in [0.3, 0.4) is 0 Å². The summed E-state index contributed by atoms with van der Waals surface area (Å²) in [6.07, 6.45) is 0. The van der Waals surface area contributed by atoms with Gasteiger partial charge in [-0.3, -0.25) is 0 Å². The summed E-state index contributed by atoms with van der Waals surface area (Å²) in [7, 11) is 1.65. The van der Waals surface area contributed by atoms with Crippen molar-refractivity contribution in [3.05, 3.63) is 23.4 Å². The third-order valence-corrected chi connectivity index (χ3v) is 2.88. The molecule has 1 heterocycles. The predicted octanol–water partition coefficient (Wildman–Crippen LogP) is 2.19. The molecule has 0 saturated carbocycles. The molecule has 0 aliphatic rings. The normalized spacial score (nSPS) is 10.8. The lowest BCUT2D eigenvalue weighted by Gasteiger charge is -2.08. The van der Waals surface area contributed by atoms with Crippen LogP contribution in [0.2, 0.25) is 0 Å². The van der Waals surface area contributed by atoms with Crippen molar-refractivity contribution in [1.82, 2.24) is 4.98 Å². The predicted molar refractivity (Wildman–Crippen MR) is 77.5 cm³/mol. The fourth-order valence-electron chi connectivity index (χ4n) is 1.46. The quantitative estimate of drug-likeness (QED) is 0.463. The van der Waals surface area contributed by atoms with Crippen LogP contribution in [-0.2, 0) is 20.1 Å². The minimum absolute atomic E-state index is 0.463. The SMILES string of the molecule is COCCOCCOCCOc1ccc(CCl)c(C)n1. The number of aryl methyl sites for hydroxylation is 1. The molecule has 114 valence electrons. The smallest absolute Gasteiger partial charge is 0.213 e. The van der Waals surface area contributed by atoms with E-state index in [9.17, 15) is 0 Å². The molecule has 0 saturated heterocycles. The van der Waals surface area contributed by atoms with E-state index in [0.717, 1.165) is 11.3 Å². The summed E-state index contributed by atoms with van der Waals surface area (Å²) in [6.45, 7) is 5.18. The molecule has 1 aromatic heterocycles. The molecule has 6 heteroatoms. The number of halogens is 1. The van der Waals surface area contributed by atoms with Gasteiger partial charge in [0.1, 0.15) is 6.61 Å². The van der Waals surface area contributed by atoms with Crippen molar-refractivity contribution in [2.75, 3.05) is 46.8 Å². The Kier molecular flexibility index (Phi) is 9.32. The number of pyridine rings is 1. The molecule has 1 rings (SSSR count). The van der Waals surface area contributed by atoms with Crippen LogP contribution in [0.15, 0.2) is 12.1 Å². The third kappa shape index (κ3) is 7.05. The topological polar surface area (TPSA) is 49.8 Å². The molecule has 0 unspecified atom stereocenters. The van der Waals surface area contributed by atoms with Gasteiger partial charge in [-0.1, -0.05) is 6.07 Å². The maximum Gasteiger partial charge on any atom is 0.213 e. The number of alkyl halides is 1. The van der Waals surface area contributed by atoms with E-state index in [-0.39, 0.29) is 0 Å². The van der Waals surface area contributed by atoms with Gasteiger partial charge in [-0.05, 0) is 12.5 Å². The maximum absolute atomic E-state index is 5.77. The molecule has 0 fully saturated rings. The van der Waals surface area contributed by atoms with Crippen LogP contribution in [0, 0.1) is 6.92 Å². The zero-order valence-electron chi connectivity index (χ0n) is 12.1. The Balaban J connectivity index is 2.05. The van der Waals surface area contributed by atoms with E-state index >= 15 is 0 Å². The molecule has 0 aliphatic carbocycles. The van der Waals surface area contributed by atoms with Crippen molar-refractivity contribution in [2.24, 2.45) is 0 Å². The summed E-state index contributed by atoms with van der Waals surface area (Å²) in [5, 5.41) is 0. The summed E-state index contributed by atoms with van der Waals surface area (Å²) < 4.78 is 21.0. The Morgan fingerprint density at radius 1 is 1.00 bits per heavy atom. The molecule has 0 bridgehead atoms. The van der Waals surface area contributed by atoms with E-state index in [1.807, 2.05) is 19.1 Å². The van der Waals surface area contributed by atoms with E-state index < -0.39 is 0 Å². The highest BCUT2D eigenvalue weighted by Gasteiger charge is 2.01. The molecule has 0 amide bonds. The molecule has 0 radical (unpaired) electrons. The van der Waals surface area contributed by atoms with Gasteiger partial charge in [0.05, 0.1) is 33.0 Å². The number of hydrogen-bond acceptors (Lipinski definition) is 5. The first-order valence-corrected chi connectivity index (χ1v) is 7.11. The maximum atomic E-state index is 5.77. The van der Waals surface area contributed by atoms with Crippen molar-refractivity contribution in [1.29, 1.82) is 0 Å². The second-order valence-corrected chi connectivity index (χ2v) is 4.36. The summed E-state index contributed by atoms with van der Waals surface area (Å²) >= 11 is 5.77. The van der Waals surface area contributed by atoms with E-state index in [0.29, 0.717) is 51.4 Å². The van der Waals surface area contributed by atoms with Crippen LogP contribution in [0.25, 0.3) is 0 Å². The summed E-state index contributed by atoms with van der Waals surface area (Å²) in [6, 6.07) is 3.74. The van der Waals surface area contributed by atoms with E-state index in [2.05, 4.69) is 4.98 Å². The van der Waals surface area contributed by atoms with Crippen LogP contribution in [0.5, 0.6) is 5.88 Å². The number of ether oxygens (including phenoxy) is 4. The number of hydrogen-bond donors (Lipinski definition) is 0. The molecule has 0 aliphatic heterocycles. The van der Waals surface area contributed by atoms with Crippen LogP contribution < -0.4 is 4.74 Å². The highest BCUT2D eigenvalue weighted by molar-refractivity contribution is 6.17. The highest BCUT2D eigenvalue weighted by Crippen LogP contribution is 2.13. The van der Waals surface area contributed by atoms with Gasteiger partial charge in [0.25, 0.3) is 0 Å². The van der Waals surface area contributed by atoms with Gasteiger partial charge in [0.15, 0.2) is 0 Å². The molecule has 0 aromatic carbocycles. The molecule has 0 atom stereocenters. The molecule has 0 N–H and O–H groups in total. The van der Waals surface area contributed by atoms with E-state index in [1.165, 1.54) is 0 Å². The largest absolute Gasteiger partial charge is 0.475 e. The molecule has 0 spiro atoms. The van der Waals surface area contributed by atoms with Crippen molar-refractivity contribution < 1.29 is 18.9 Å². The summed E-state index contributed by atoms with van der Waals surface area (Å²) in [5.74, 6) is 1.06. The first kappa shape index (κ1) is 17.2. The number of nitrogens with zero attached hydrogens (tertiary/aromatic N) is 1. The Hall–Kier alpha value is -0.880. The number of rotatable bonds is 11. The highest BCUT2D eigenvalue weighted by atomic mass is 35.5. The summed E-state index contributed by atoms with van der Waals surface area (Å²) in [5.41, 5.74) is 1.91. The van der Waals surface area contributed by atoms with Gasteiger partial charge < -0.3 is 18.9 Å². The second kappa shape index (κ2) is 10.9. The number of aromatic nitrogens is 1. The van der Waals surface area contributed by atoms with Gasteiger partial charge in [-0.25, -0.2) is 4.98 Å². The Morgan fingerprint density at radius 2 is 1.65 bits per heavy atom. The van der Waals surface area contributed by atoms with E-state index in [1.54, 1.807) is 7.11 Å². The zero-order valence-corrected chi connectivity index (χ0v) is 12.8. The fourth-order valence-corrected chi connectivity index (χ4v) is 1.74. The van der Waals surface area contributed by atoms with Gasteiger partial charge in [-0.15, -0.1) is 11.6 Å². The van der Waals surface area contributed by atoms with Gasteiger partial charge in [-0.2, -0.15) is 0 Å². The lowest BCUT2D eigenvalue weighted by Crippen LogP contribution is -2.12. The number of methoxy groups -OCH3 is 1.